The molecule has 0 aliphatic carbocycles. The molecule has 1 heterocycles. The van der Waals surface area contributed by atoms with Gasteiger partial charge in [0, 0.05) is 0 Å². The molecule has 11 heavy (non-hydrogen) atoms. The summed E-state index contributed by atoms with van der Waals surface area (Å²) in [7, 11) is -3.22. The van der Waals surface area contributed by atoms with Crippen LogP contribution in [-0.4, -0.2) is 13.6 Å². The van der Waals surface area contributed by atoms with Crippen LogP contribution in [0.15, 0.2) is 20.1 Å². The fourth-order valence-electron chi connectivity index (χ4n) is 0.519. The minimum absolute atomic E-state index is 0.305. The van der Waals surface area contributed by atoms with Gasteiger partial charge in [-0.3, -0.25) is 0 Å². The van der Waals surface area contributed by atoms with Crippen LogP contribution in [0.4, 0.5) is 0 Å². The van der Waals surface area contributed by atoms with Crippen LogP contribution in [0.3, 0.4) is 0 Å². The quantitative estimate of drug-likeness (QED) is 0.777. The first-order valence-corrected chi connectivity index (χ1v) is 6.40. The Morgan fingerprint density at radius 3 is 2.55 bits per heavy atom. The lowest BCUT2D eigenvalue weighted by molar-refractivity contribution is 0.602. The van der Waals surface area contributed by atoms with Gasteiger partial charge in [-0.2, -0.15) is 0 Å². The first-order chi connectivity index (χ1) is 5.06. The second kappa shape index (κ2) is 3.43. The Balaban J connectivity index is 3.13. The molecule has 0 bridgehead atoms. The zero-order valence-electron chi connectivity index (χ0n) is 5.25. The molecular formula is C5H4BrClO2S2. The molecule has 0 aromatic carbocycles. The summed E-state index contributed by atoms with van der Waals surface area (Å²) in [5, 5.41) is -0.361. The Hall–Kier alpha value is 0.420. The number of hydrogen-bond acceptors (Lipinski definition) is 3. The van der Waals surface area contributed by atoms with Gasteiger partial charge >= 0.3 is 0 Å². The van der Waals surface area contributed by atoms with Gasteiger partial charge in [-0.1, -0.05) is 0 Å². The van der Waals surface area contributed by atoms with E-state index >= 15 is 0 Å². The number of sulfone groups is 1. The summed E-state index contributed by atoms with van der Waals surface area (Å²) in [6.45, 7) is 0. The molecule has 1 rings (SSSR count). The lowest BCUT2D eigenvalue weighted by Crippen LogP contribution is -1.98. The van der Waals surface area contributed by atoms with Crippen LogP contribution in [-0.2, 0) is 9.84 Å². The lowest BCUT2D eigenvalue weighted by atomic mass is 10.7. The molecule has 0 saturated heterocycles. The molecule has 0 fully saturated rings. The van der Waals surface area contributed by atoms with E-state index in [4.69, 9.17) is 11.6 Å². The molecule has 0 spiro atoms. The van der Waals surface area contributed by atoms with Gasteiger partial charge in [-0.25, -0.2) is 8.42 Å². The number of thiophene rings is 1. The van der Waals surface area contributed by atoms with E-state index < -0.39 is 9.84 Å². The normalized spacial score (nSPS) is 11.8. The fraction of sp³-hybridized carbons (Fsp3) is 0.200. The Morgan fingerprint density at radius 2 is 2.18 bits per heavy atom. The largest absolute Gasteiger partial charge is 0.222 e. The maximum absolute atomic E-state index is 11.1. The van der Waals surface area contributed by atoms with E-state index in [9.17, 15) is 8.42 Å². The molecule has 0 amide bonds. The second-order valence-corrected chi connectivity index (χ2v) is 7.05. The van der Waals surface area contributed by atoms with E-state index in [1.165, 1.54) is 6.07 Å². The van der Waals surface area contributed by atoms with Crippen LogP contribution in [0.1, 0.15) is 0 Å². The van der Waals surface area contributed by atoms with E-state index in [0.29, 0.717) is 4.21 Å². The Morgan fingerprint density at radius 1 is 1.55 bits per heavy atom. The average molecular weight is 276 g/mol. The van der Waals surface area contributed by atoms with E-state index in [1.54, 1.807) is 6.07 Å². The molecule has 0 unspecified atom stereocenters. The molecule has 2 nitrogen and oxygen atoms in total. The molecule has 0 radical (unpaired) electrons. The zero-order valence-corrected chi connectivity index (χ0v) is 9.23. The Labute approximate surface area is 82.2 Å². The van der Waals surface area contributed by atoms with Crippen molar-refractivity contribution >= 4 is 48.7 Å². The number of alkyl halides is 1. The molecule has 0 saturated carbocycles. The fourth-order valence-corrected chi connectivity index (χ4v) is 3.84. The summed E-state index contributed by atoms with van der Waals surface area (Å²) in [6.07, 6.45) is 0. The van der Waals surface area contributed by atoms with Gasteiger partial charge < -0.3 is 0 Å². The summed E-state index contributed by atoms with van der Waals surface area (Å²) >= 11 is 9.57. The summed E-state index contributed by atoms with van der Waals surface area (Å²) < 4.78 is 23.2. The first-order valence-electron chi connectivity index (χ1n) is 2.60. The van der Waals surface area contributed by atoms with Gasteiger partial charge in [0.1, 0.15) is 9.42 Å². The van der Waals surface area contributed by atoms with E-state index in [1.807, 2.05) is 0 Å². The Kier molecular flexibility index (Phi) is 2.96. The predicted octanol–water partition coefficient (Wildman–Crippen LogP) is 2.48. The molecule has 62 valence electrons. The van der Waals surface area contributed by atoms with Crippen LogP contribution < -0.4 is 0 Å². The third-order valence-electron chi connectivity index (χ3n) is 0.999. The van der Waals surface area contributed by atoms with E-state index in [-0.39, 0.29) is 5.21 Å². The van der Waals surface area contributed by atoms with Gasteiger partial charge in [-0.05, 0) is 28.1 Å². The standard InChI is InChI=1S/C5H4BrClO2S2/c6-4-1-2-5(10-4)11(8,9)3-7/h1-2H,3H2. The summed E-state index contributed by atoms with van der Waals surface area (Å²) in [6, 6.07) is 3.22. The van der Waals surface area contributed by atoms with Crippen molar-refractivity contribution in [3.8, 4) is 0 Å². The highest BCUT2D eigenvalue weighted by Gasteiger charge is 2.14. The molecule has 6 heteroatoms. The minimum atomic E-state index is -3.22. The topological polar surface area (TPSA) is 34.1 Å². The number of halogens is 2. The molecule has 0 aliphatic heterocycles. The molecule has 0 atom stereocenters. The van der Waals surface area contributed by atoms with Gasteiger partial charge in [0.25, 0.3) is 0 Å². The SMILES string of the molecule is O=S(=O)(CCl)c1ccc(Br)s1. The minimum Gasteiger partial charge on any atom is -0.222 e. The van der Waals surface area contributed by atoms with Crippen molar-refractivity contribution < 1.29 is 8.42 Å². The smallest absolute Gasteiger partial charge is 0.201 e. The number of hydrogen-bond donors (Lipinski definition) is 0. The van der Waals surface area contributed by atoms with Gasteiger partial charge in [-0.15, -0.1) is 22.9 Å². The molecule has 0 N–H and O–H groups in total. The highest BCUT2D eigenvalue weighted by Crippen LogP contribution is 2.26. The molecule has 1 aromatic rings. The van der Waals surface area contributed by atoms with Crippen molar-refractivity contribution in [2.24, 2.45) is 0 Å². The van der Waals surface area contributed by atoms with Crippen LogP contribution >= 0.6 is 38.9 Å². The maximum atomic E-state index is 11.1. The van der Waals surface area contributed by atoms with Crippen molar-refractivity contribution in [3.05, 3.63) is 15.9 Å². The summed E-state index contributed by atoms with van der Waals surface area (Å²) in [4.78, 5) is 0. The highest BCUT2D eigenvalue weighted by atomic mass is 79.9. The molecule has 1 aromatic heterocycles. The maximum Gasteiger partial charge on any atom is 0.201 e. The van der Waals surface area contributed by atoms with Crippen LogP contribution in [0.2, 0.25) is 0 Å². The van der Waals surface area contributed by atoms with Crippen molar-refractivity contribution in [2.75, 3.05) is 5.21 Å². The Bertz CT molecular complexity index is 343. The monoisotopic (exact) mass is 274 g/mol. The predicted molar refractivity (Wildman–Crippen MR) is 49.9 cm³/mol. The second-order valence-electron chi connectivity index (χ2n) is 1.78. The molecular weight excluding hydrogens is 272 g/mol. The lowest BCUT2D eigenvalue weighted by Gasteiger charge is -1.91. The van der Waals surface area contributed by atoms with Gasteiger partial charge in [0.15, 0.2) is 0 Å². The highest BCUT2D eigenvalue weighted by molar-refractivity contribution is 9.11. The summed E-state index contributed by atoms with van der Waals surface area (Å²) in [5.41, 5.74) is 0. The van der Waals surface area contributed by atoms with Gasteiger partial charge in [0.05, 0.1) is 3.79 Å². The van der Waals surface area contributed by atoms with Gasteiger partial charge in [0.2, 0.25) is 9.84 Å². The van der Waals surface area contributed by atoms with Crippen LogP contribution in [0, 0.1) is 0 Å². The first kappa shape index (κ1) is 9.51. The zero-order chi connectivity index (χ0) is 8.48. The van der Waals surface area contributed by atoms with Crippen molar-refractivity contribution in [3.63, 3.8) is 0 Å². The van der Waals surface area contributed by atoms with Crippen LogP contribution in [0.5, 0.6) is 0 Å². The number of rotatable bonds is 2. The average Bonchev–Trinajstić information content (AvgIpc) is 2.36. The third-order valence-corrected chi connectivity index (χ3v) is 5.33. The summed E-state index contributed by atoms with van der Waals surface area (Å²) in [5.74, 6) is 0. The molecule has 0 aliphatic rings. The van der Waals surface area contributed by atoms with Crippen molar-refractivity contribution in [1.82, 2.24) is 0 Å². The van der Waals surface area contributed by atoms with E-state index in [0.717, 1.165) is 15.1 Å². The van der Waals surface area contributed by atoms with Crippen LogP contribution in [0.25, 0.3) is 0 Å². The van der Waals surface area contributed by atoms with Crippen molar-refractivity contribution in [2.45, 2.75) is 4.21 Å². The van der Waals surface area contributed by atoms with E-state index in [2.05, 4.69) is 15.9 Å². The van der Waals surface area contributed by atoms with Crippen molar-refractivity contribution in [1.29, 1.82) is 0 Å². The third kappa shape index (κ3) is 2.18.